The summed E-state index contributed by atoms with van der Waals surface area (Å²) in [5.41, 5.74) is 7.10. The van der Waals surface area contributed by atoms with Crippen LogP contribution in [0.4, 0.5) is 5.69 Å². The number of benzene rings is 2. The van der Waals surface area contributed by atoms with Crippen LogP contribution in [-0.4, -0.2) is 14.1 Å². The average Bonchev–Trinajstić information content (AvgIpc) is 2.46. The number of quaternary nitrogens is 1. The number of para-hydroxylation sites is 1. The maximum atomic E-state index is 2.68. The van der Waals surface area contributed by atoms with Crippen molar-refractivity contribution in [1.82, 2.24) is 4.48 Å². The van der Waals surface area contributed by atoms with E-state index in [1.807, 2.05) is 0 Å². The second kappa shape index (κ2) is 3.95. The largest absolute Gasteiger partial charge is 0.278 e. The third kappa shape index (κ3) is 1.36. The van der Waals surface area contributed by atoms with Gasteiger partial charge in [-0.15, -0.1) is 0 Å². The van der Waals surface area contributed by atoms with Crippen molar-refractivity contribution in [2.24, 2.45) is 0 Å². The first-order chi connectivity index (χ1) is 9.56. The van der Waals surface area contributed by atoms with Crippen LogP contribution in [0.2, 0.25) is 0 Å². The van der Waals surface area contributed by atoms with Gasteiger partial charge in [0, 0.05) is 17.5 Å². The Morgan fingerprint density at radius 2 is 1.75 bits per heavy atom. The Morgan fingerprint density at radius 3 is 2.60 bits per heavy atom. The van der Waals surface area contributed by atoms with Crippen LogP contribution < -0.4 is 4.48 Å². The van der Waals surface area contributed by atoms with Crippen molar-refractivity contribution in [2.75, 3.05) is 14.1 Å². The fourth-order valence-corrected chi connectivity index (χ4v) is 4.81. The third-order valence-corrected chi connectivity index (χ3v) is 7.03. The lowest BCUT2D eigenvalue weighted by Gasteiger charge is -2.50. The Morgan fingerprint density at radius 1 is 1.00 bits per heavy atom. The van der Waals surface area contributed by atoms with Gasteiger partial charge in [0.25, 0.3) is 0 Å². The number of hydrogen-bond acceptors (Lipinski definition) is 0. The summed E-state index contributed by atoms with van der Waals surface area (Å²) in [6.45, 7) is 0. The third-order valence-electron chi connectivity index (χ3n) is 4.85. The lowest BCUT2D eigenvalue weighted by Crippen LogP contribution is -2.57. The van der Waals surface area contributed by atoms with Gasteiger partial charge in [-0.2, -0.15) is 0 Å². The molecule has 2 aliphatic rings. The van der Waals surface area contributed by atoms with Gasteiger partial charge in [0.15, 0.2) is 3.55 Å². The van der Waals surface area contributed by atoms with Crippen molar-refractivity contribution in [3.8, 4) is 11.1 Å². The van der Waals surface area contributed by atoms with Crippen molar-refractivity contribution in [2.45, 2.75) is 9.97 Å². The van der Waals surface area contributed by atoms with E-state index in [0.717, 1.165) is 10.9 Å². The molecule has 0 saturated carbocycles. The molecule has 0 amide bonds. The van der Waals surface area contributed by atoms with Gasteiger partial charge in [0.05, 0.1) is 14.1 Å². The Bertz CT molecular complexity index is 745. The standard InChI is InChI=1S/C18H17IN/c1-20(2)16-11-4-3-9-14(16)15-10-5-7-13-8-6-12-18(20,19)17(13)15/h3-11H,12H2,1-2H3/q+1. The number of hydrogen-bond donors (Lipinski definition) is 0. The van der Waals surface area contributed by atoms with E-state index >= 15 is 0 Å². The predicted molar refractivity (Wildman–Crippen MR) is 94.9 cm³/mol. The van der Waals surface area contributed by atoms with Crippen LogP contribution in [0.1, 0.15) is 17.5 Å². The van der Waals surface area contributed by atoms with Gasteiger partial charge in [0.2, 0.25) is 0 Å². The molecule has 1 nitrogen and oxygen atoms in total. The zero-order valence-corrected chi connectivity index (χ0v) is 13.9. The van der Waals surface area contributed by atoms with E-state index in [-0.39, 0.29) is 3.55 Å². The molecule has 1 atom stereocenters. The molecule has 1 unspecified atom stereocenters. The molecule has 1 aliphatic heterocycles. The van der Waals surface area contributed by atoms with Crippen LogP contribution in [0.5, 0.6) is 0 Å². The van der Waals surface area contributed by atoms with Crippen LogP contribution in [0, 0.1) is 0 Å². The summed E-state index contributed by atoms with van der Waals surface area (Å²) in [5.74, 6) is 0. The molecule has 2 aromatic carbocycles. The van der Waals surface area contributed by atoms with Crippen molar-refractivity contribution in [1.29, 1.82) is 0 Å². The Balaban J connectivity index is 2.19. The minimum atomic E-state index is 0.0901. The highest BCUT2D eigenvalue weighted by Gasteiger charge is 2.52. The molecule has 2 aromatic rings. The van der Waals surface area contributed by atoms with E-state index in [4.69, 9.17) is 0 Å². The molecule has 0 saturated heterocycles. The number of alkyl halides is 1. The molecule has 100 valence electrons. The molecule has 1 heterocycles. The van der Waals surface area contributed by atoms with Crippen molar-refractivity contribution < 1.29 is 0 Å². The summed E-state index contributed by atoms with van der Waals surface area (Å²) < 4.78 is 0.991. The quantitative estimate of drug-likeness (QED) is 0.265. The topological polar surface area (TPSA) is 0 Å². The van der Waals surface area contributed by atoms with E-state index in [1.54, 1.807) is 0 Å². The lowest BCUT2D eigenvalue weighted by atomic mass is 9.80. The highest BCUT2D eigenvalue weighted by molar-refractivity contribution is 14.1. The van der Waals surface area contributed by atoms with Crippen molar-refractivity contribution in [3.05, 3.63) is 59.7 Å². The summed E-state index contributed by atoms with van der Waals surface area (Å²) in [4.78, 5) is 0. The van der Waals surface area contributed by atoms with Crippen LogP contribution in [0.3, 0.4) is 0 Å². The van der Waals surface area contributed by atoms with E-state index in [0.29, 0.717) is 0 Å². The molecular weight excluding hydrogens is 357 g/mol. The molecule has 4 rings (SSSR count). The van der Waals surface area contributed by atoms with E-state index in [9.17, 15) is 0 Å². The molecule has 2 heteroatoms. The molecule has 1 aliphatic carbocycles. The first-order valence-corrected chi connectivity index (χ1v) is 8.06. The Labute approximate surface area is 133 Å². The highest BCUT2D eigenvalue weighted by atomic mass is 127. The average molecular weight is 374 g/mol. The zero-order chi connectivity index (χ0) is 14.0. The molecular formula is C18H17IN+. The summed E-state index contributed by atoms with van der Waals surface area (Å²) in [6, 6.07) is 15.6. The van der Waals surface area contributed by atoms with Crippen molar-refractivity contribution in [3.63, 3.8) is 0 Å². The Kier molecular flexibility index (Phi) is 2.49. The van der Waals surface area contributed by atoms with E-state index < -0.39 is 0 Å². The minimum absolute atomic E-state index is 0.0901. The second-order valence-corrected chi connectivity index (χ2v) is 7.89. The molecule has 0 spiro atoms. The smallest absolute Gasteiger partial charge is 0.183 e. The summed E-state index contributed by atoms with van der Waals surface area (Å²) >= 11 is 2.68. The summed E-state index contributed by atoms with van der Waals surface area (Å²) in [5, 5.41) is 0. The Hall–Kier alpha value is -1.13. The van der Waals surface area contributed by atoms with Gasteiger partial charge >= 0.3 is 0 Å². The molecule has 0 radical (unpaired) electrons. The number of rotatable bonds is 0. The van der Waals surface area contributed by atoms with Crippen molar-refractivity contribution >= 4 is 34.4 Å². The number of halogens is 1. The highest BCUT2D eigenvalue weighted by Crippen LogP contribution is 2.57. The molecule has 0 aromatic heterocycles. The van der Waals surface area contributed by atoms with Crippen LogP contribution in [-0.2, 0) is 3.55 Å². The number of nitrogens with zero attached hydrogens (tertiary/aromatic N) is 1. The predicted octanol–water partition coefficient (Wildman–Crippen LogP) is 4.94. The van der Waals surface area contributed by atoms with E-state index in [1.165, 1.54) is 27.9 Å². The molecule has 0 N–H and O–H groups in total. The lowest BCUT2D eigenvalue weighted by molar-refractivity contribution is 0.273. The maximum absolute atomic E-state index is 2.68. The van der Waals surface area contributed by atoms with Gasteiger partial charge in [-0.25, -0.2) is 0 Å². The maximum Gasteiger partial charge on any atom is 0.183 e. The zero-order valence-electron chi connectivity index (χ0n) is 11.7. The number of fused-ring (bicyclic) bond motifs is 2. The van der Waals surface area contributed by atoms with Gasteiger partial charge in [-0.3, -0.25) is 4.48 Å². The molecule has 0 bridgehead atoms. The van der Waals surface area contributed by atoms with Gasteiger partial charge in [-0.05, 0) is 45.9 Å². The fourth-order valence-electron chi connectivity index (χ4n) is 3.69. The summed E-state index contributed by atoms with van der Waals surface area (Å²) in [6.07, 6.45) is 5.69. The fraction of sp³-hybridized carbons (Fsp3) is 0.222. The van der Waals surface area contributed by atoms with Gasteiger partial charge < -0.3 is 0 Å². The molecule has 0 fully saturated rings. The van der Waals surface area contributed by atoms with Crippen LogP contribution in [0.25, 0.3) is 17.2 Å². The SMILES string of the molecule is C[N+]1(C)c2ccccc2-c2cccc3c2C1(I)CC=C3. The molecule has 20 heavy (non-hydrogen) atoms. The first kappa shape index (κ1) is 12.6. The van der Waals surface area contributed by atoms with Gasteiger partial charge in [0.1, 0.15) is 5.69 Å². The summed E-state index contributed by atoms with van der Waals surface area (Å²) in [7, 11) is 4.67. The van der Waals surface area contributed by atoms with Crippen LogP contribution >= 0.6 is 22.6 Å². The first-order valence-electron chi connectivity index (χ1n) is 6.99. The minimum Gasteiger partial charge on any atom is -0.278 e. The van der Waals surface area contributed by atoms with E-state index in [2.05, 4.69) is 91.3 Å². The van der Waals surface area contributed by atoms with Crippen LogP contribution in [0.15, 0.2) is 48.5 Å². The second-order valence-electron chi connectivity index (χ2n) is 6.11. The van der Waals surface area contributed by atoms with Gasteiger partial charge in [-0.1, -0.05) is 42.5 Å². The normalized spacial score (nSPS) is 24.9. The monoisotopic (exact) mass is 374 g/mol.